The summed E-state index contributed by atoms with van der Waals surface area (Å²) in [5.41, 5.74) is 0. The van der Waals surface area contributed by atoms with Gasteiger partial charge in [0.2, 0.25) is 5.13 Å². The second kappa shape index (κ2) is 5.92. The van der Waals surface area contributed by atoms with Crippen molar-refractivity contribution in [1.29, 1.82) is 0 Å². The van der Waals surface area contributed by atoms with E-state index < -0.39 is 6.09 Å². The molecule has 1 amide bonds. The Morgan fingerprint density at radius 3 is 2.93 bits per heavy atom. The molecule has 0 fully saturated rings. The monoisotopic (exact) mass is 247 g/mol. The van der Waals surface area contributed by atoms with Gasteiger partial charge in [0.25, 0.3) is 0 Å². The molecule has 1 aromatic heterocycles. The fourth-order valence-corrected chi connectivity index (χ4v) is 2.72. The quantitative estimate of drug-likeness (QED) is 0.654. The van der Waals surface area contributed by atoms with E-state index in [0.29, 0.717) is 17.0 Å². The van der Waals surface area contributed by atoms with E-state index in [-0.39, 0.29) is 0 Å². The summed E-state index contributed by atoms with van der Waals surface area (Å²) in [4.78, 5) is 11.0. The van der Waals surface area contributed by atoms with Crippen LogP contribution in [-0.2, 0) is 4.74 Å². The highest BCUT2D eigenvalue weighted by molar-refractivity contribution is 8.01. The Hall–Kier alpha value is -0.820. The Bertz CT molecular complexity index is 327. The second-order valence-electron chi connectivity index (χ2n) is 2.89. The van der Waals surface area contributed by atoms with Crippen molar-refractivity contribution in [3.63, 3.8) is 0 Å². The minimum Gasteiger partial charge on any atom is -0.450 e. The van der Waals surface area contributed by atoms with Gasteiger partial charge in [-0.15, -0.1) is 10.2 Å². The molecular weight excluding hydrogens is 234 g/mol. The third-order valence-corrected chi connectivity index (χ3v) is 3.15. The molecule has 1 rings (SSSR count). The Labute approximate surface area is 96.6 Å². The van der Waals surface area contributed by atoms with Crippen LogP contribution in [0.4, 0.5) is 9.93 Å². The second-order valence-corrected chi connectivity index (χ2v) is 5.69. The van der Waals surface area contributed by atoms with Gasteiger partial charge in [-0.05, 0) is 6.92 Å². The summed E-state index contributed by atoms with van der Waals surface area (Å²) >= 11 is 2.96. The number of nitrogens with zero attached hydrogens (tertiary/aromatic N) is 2. The van der Waals surface area contributed by atoms with E-state index in [9.17, 15) is 4.79 Å². The first-order valence-corrected chi connectivity index (χ1v) is 6.25. The Morgan fingerprint density at radius 2 is 2.33 bits per heavy atom. The number of nitrogens with one attached hydrogen (secondary N) is 1. The Balaban J connectivity index is 2.49. The van der Waals surface area contributed by atoms with Crippen LogP contribution in [0.25, 0.3) is 0 Å². The number of anilines is 1. The molecule has 1 aromatic rings. The lowest BCUT2D eigenvalue weighted by Gasteiger charge is -1.99. The summed E-state index contributed by atoms with van der Waals surface area (Å²) in [6.07, 6.45) is -0.491. The van der Waals surface area contributed by atoms with Gasteiger partial charge in [-0.25, -0.2) is 4.79 Å². The topological polar surface area (TPSA) is 64.1 Å². The van der Waals surface area contributed by atoms with Crippen LogP contribution in [0.3, 0.4) is 0 Å². The zero-order chi connectivity index (χ0) is 11.3. The van der Waals surface area contributed by atoms with Crippen LogP contribution in [0.5, 0.6) is 0 Å². The molecule has 1 N–H and O–H groups in total. The number of aromatic nitrogens is 2. The highest BCUT2D eigenvalue weighted by Crippen LogP contribution is 2.28. The van der Waals surface area contributed by atoms with Gasteiger partial charge in [-0.3, -0.25) is 5.32 Å². The van der Waals surface area contributed by atoms with Gasteiger partial charge in [0.15, 0.2) is 4.34 Å². The third-order valence-electron chi connectivity index (χ3n) is 1.23. The molecule has 0 spiro atoms. The molecule has 0 unspecified atom stereocenters. The smallest absolute Gasteiger partial charge is 0.413 e. The Morgan fingerprint density at radius 1 is 1.60 bits per heavy atom. The summed E-state index contributed by atoms with van der Waals surface area (Å²) in [5.74, 6) is 0. The van der Waals surface area contributed by atoms with E-state index in [1.165, 1.54) is 11.3 Å². The molecule has 0 saturated carbocycles. The largest absolute Gasteiger partial charge is 0.450 e. The van der Waals surface area contributed by atoms with Crippen molar-refractivity contribution in [1.82, 2.24) is 10.2 Å². The average molecular weight is 247 g/mol. The number of amides is 1. The van der Waals surface area contributed by atoms with Crippen LogP contribution in [0, 0.1) is 0 Å². The molecule has 15 heavy (non-hydrogen) atoms. The molecule has 5 nitrogen and oxygen atoms in total. The summed E-state index contributed by atoms with van der Waals surface area (Å²) in [5, 5.41) is 11.2. The van der Waals surface area contributed by atoms with E-state index in [1.54, 1.807) is 18.7 Å². The van der Waals surface area contributed by atoms with Crippen molar-refractivity contribution >= 4 is 34.3 Å². The van der Waals surface area contributed by atoms with Gasteiger partial charge >= 0.3 is 6.09 Å². The average Bonchev–Trinajstić information content (AvgIpc) is 2.51. The van der Waals surface area contributed by atoms with Gasteiger partial charge in [-0.2, -0.15) is 0 Å². The lowest BCUT2D eigenvalue weighted by atomic mass is 10.6. The minimum atomic E-state index is -0.491. The van der Waals surface area contributed by atoms with Crippen molar-refractivity contribution in [2.75, 3.05) is 11.9 Å². The predicted molar refractivity (Wildman–Crippen MR) is 61.5 cm³/mol. The van der Waals surface area contributed by atoms with E-state index in [2.05, 4.69) is 29.4 Å². The summed E-state index contributed by atoms with van der Waals surface area (Å²) in [7, 11) is 0. The molecule has 0 aliphatic rings. The molecule has 0 bridgehead atoms. The first-order valence-electron chi connectivity index (χ1n) is 4.55. The van der Waals surface area contributed by atoms with Crippen LogP contribution < -0.4 is 5.32 Å². The molecular formula is C8H13N3O2S2. The van der Waals surface area contributed by atoms with Crippen molar-refractivity contribution in [2.45, 2.75) is 30.4 Å². The zero-order valence-electron chi connectivity index (χ0n) is 8.81. The van der Waals surface area contributed by atoms with E-state index >= 15 is 0 Å². The summed E-state index contributed by atoms with van der Waals surface area (Å²) < 4.78 is 5.56. The predicted octanol–water partition coefficient (Wildman–Crippen LogP) is 2.61. The zero-order valence-corrected chi connectivity index (χ0v) is 10.4. The summed E-state index contributed by atoms with van der Waals surface area (Å²) in [6.45, 7) is 6.24. The number of hydrogen-bond acceptors (Lipinski definition) is 6. The number of rotatable bonds is 4. The maximum atomic E-state index is 11.0. The van der Waals surface area contributed by atoms with Gasteiger partial charge in [-0.1, -0.05) is 36.9 Å². The van der Waals surface area contributed by atoms with E-state index in [0.717, 1.165) is 4.34 Å². The van der Waals surface area contributed by atoms with Crippen LogP contribution in [0.15, 0.2) is 4.34 Å². The van der Waals surface area contributed by atoms with E-state index in [1.807, 2.05) is 0 Å². The number of hydrogen-bond donors (Lipinski definition) is 1. The van der Waals surface area contributed by atoms with Gasteiger partial charge in [0.1, 0.15) is 0 Å². The standard InChI is InChI=1S/C8H13N3O2S2/c1-4-13-7(12)9-6-10-11-8(15-6)14-5(2)3/h5H,4H2,1-3H3,(H,9,10,12). The maximum absolute atomic E-state index is 11.0. The summed E-state index contributed by atoms with van der Waals surface area (Å²) in [6, 6.07) is 0. The highest BCUT2D eigenvalue weighted by atomic mass is 32.2. The molecule has 0 aromatic carbocycles. The fraction of sp³-hybridized carbons (Fsp3) is 0.625. The van der Waals surface area contributed by atoms with Crippen molar-refractivity contribution < 1.29 is 9.53 Å². The van der Waals surface area contributed by atoms with E-state index in [4.69, 9.17) is 4.74 Å². The first-order chi connectivity index (χ1) is 7.11. The van der Waals surface area contributed by atoms with Crippen molar-refractivity contribution in [2.24, 2.45) is 0 Å². The van der Waals surface area contributed by atoms with Crippen LogP contribution in [0.2, 0.25) is 0 Å². The molecule has 0 saturated heterocycles. The third kappa shape index (κ3) is 4.48. The van der Waals surface area contributed by atoms with Crippen molar-refractivity contribution in [3.8, 4) is 0 Å². The number of ether oxygens (including phenoxy) is 1. The fourth-order valence-electron chi connectivity index (χ4n) is 0.764. The molecule has 7 heteroatoms. The highest BCUT2D eigenvalue weighted by Gasteiger charge is 2.09. The van der Waals surface area contributed by atoms with Crippen LogP contribution in [0.1, 0.15) is 20.8 Å². The van der Waals surface area contributed by atoms with Crippen molar-refractivity contribution in [3.05, 3.63) is 0 Å². The SMILES string of the molecule is CCOC(=O)Nc1nnc(SC(C)C)s1. The van der Waals surface area contributed by atoms with Gasteiger partial charge in [0.05, 0.1) is 6.61 Å². The lowest BCUT2D eigenvalue weighted by molar-refractivity contribution is 0.168. The number of carbonyl (C=O) groups is 1. The number of carbonyl (C=O) groups excluding carboxylic acids is 1. The van der Waals surface area contributed by atoms with Crippen LogP contribution in [-0.4, -0.2) is 28.1 Å². The first kappa shape index (κ1) is 12.3. The molecule has 0 aliphatic heterocycles. The normalized spacial score (nSPS) is 10.4. The molecule has 84 valence electrons. The molecule has 0 atom stereocenters. The maximum Gasteiger partial charge on any atom is 0.413 e. The van der Waals surface area contributed by atoms with Crippen LogP contribution >= 0.6 is 23.1 Å². The molecule has 0 radical (unpaired) electrons. The lowest BCUT2D eigenvalue weighted by Crippen LogP contribution is -2.12. The molecule has 1 heterocycles. The van der Waals surface area contributed by atoms with Gasteiger partial charge < -0.3 is 4.74 Å². The molecule has 0 aliphatic carbocycles. The van der Waals surface area contributed by atoms with Gasteiger partial charge in [0, 0.05) is 5.25 Å². The minimum absolute atomic E-state index is 0.345. The Kier molecular flexibility index (Phi) is 4.83. The number of thioether (sulfide) groups is 1.